The maximum Gasteiger partial charge on any atom is 0.299 e. The number of anilines is 1. The van der Waals surface area contributed by atoms with E-state index in [1.807, 2.05) is 0 Å². The van der Waals surface area contributed by atoms with Crippen LogP contribution in [-0.4, -0.2) is 43.8 Å². The highest BCUT2D eigenvalue weighted by molar-refractivity contribution is 7.84. The summed E-state index contributed by atoms with van der Waals surface area (Å²) in [5.74, 6) is -1.30. The first-order valence-electron chi connectivity index (χ1n) is 6.80. The molecule has 0 spiro atoms. The van der Waals surface area contributed by atoms with Crippen LogP contribution in [0.5, 0.6) is 0 Å². The van der Waals surface area contributed by atoms with Crippen LogP contribution >= 0.6 is 0 Å². The number of hydrogen-bond donors (Lipinski definition) is 0. The zero-order valence-corrected chi connectivity index (χ0v) is 13.0. The molecular formula is C14H13FN4O3S. The minimum Gasteiger partial charge on any atom is -0.299 e. The van der Waals surface area contributed by atoms with E-state index in [9.17, 15) is 18.2 Å². The summed E-state index contributed by atoms with van der Waals surface area (Å²) < 4.78 is 25.1. The van der Waals surface area contributed by atoms with E-state index >= 15 is 0 Å². The van der Waals surface area contributed by atoms with Crippen LogP contribution in [0.3, 0.4) is 0 Å². The lowest BCUT2D eigenvalue weighted by molar-refractivity contribution is -0.114. The summed E-state index contributed by atoms with van der Waals surface area (Å²) in [5.41, 5.74) is 1.14. The standard InChI is InChI=1S/C14H13FN4O3S/c1-23(22)10-2-3-12-11(6-10)13(20)14(21)19(12)8-9-7-18(5-4-15)17-16-9/h2-3,6-7H,4-5,8H2,1H3. The highest BCUT2D eigenvalue weighted by atomic mass is 32.2. The number of aryl methyl sites for hydroxylation is 1. The average molecular weight is 336 g/mol. The number of alkyl halides is 1. The van der Waals surface area contributed by atoms with Crippen LogP contribution in [0.1, 0.15) is 16.1 Å². The van der Waals surface area contributed by atoms with E-state index in [1.54, 1.807) is 12.1 Å². The van der Waals surface area contributed by atoms with E-state index in [0.29, 0.717) is 16.3 Å². The summed E-state index contributed by atoms with van der Waals surface area (Å²) in [4.78, 5) is 26.0. The predicted octanol–water partition coefficient (Wildman–Crippen LogP) is 0.715. The van der Waals surface area contributed by atoms with Gasteiger partial charge in [-0.15, -0.1) is 5.10 Å². The molecule has 1 aliphatic rings. The number of nitrogens with zero attached hydrogens (tertiary/aromatic N) is 4. The summed E-state index contributed by atoms with van der Waals surface area (Å²) in [6, 6.07) is 4.69. The first kappa shape index (κ1) is 15.5. The molecule has 0 aliphatic carbocycles. The molecule has 1 aromatic heterocycles. The molecule has 1 atom stereocenters. The van der Waals surface area contributed by atoms with Gasteiger partial charge in [0.05, 0.1) is 30.5 Å². The van der Waals surface area contributed by atoms with Gasteiger partial charge in [-0.3, -0.25) is 18.7 Å². The van der Waals surface area contributed by atoms with E-state index in [1.165, 1.54) is 28.1 Å². The molecule has 0 saturated carbocycles. The fourth-order valence-corrected chi connectivity index (χ4v) is 2.93. The van der Waals surface area contributed by atoms with Crippen molar-refractivity contribution < 1.29 is 18.2 Å². The Morgan fingerprint density at radius 3 is 2.78 bits per heavy atom. The van der Waals surface area contributed by atoms with Gasteiger partial charge in [0.25, 0.3) is 11.7 Å². The number of carbonyl (C=O) groups excluding carboxylic acids is 2. The van der Waals surface area contributed by atoms with E-state index in [4.69, 9.17) is 0 Å². The van der Waals surface area contributed by atoms with Crippen LogP contribution in [0.2, 0.25) is 0 Å². The number of aromatic nitrogens is 3. The highest BCUT2D eigenvalue weighted by Crippen LogP contribution is 2.31. The Morgan fingerprint density at radius 1 is 1.30 bits per heavy atom. The Balaban J connectivity index is 1.91. The number of amides is 1. The predicted molar refractivity (Wildman–Crippen MR) is 80.3 cm³/mol. The van der Waals surface area contributed by atoms with Gasteiger partial charge >= 0.3 is 0 Å². The normalized spacial score (nSPS) is 15.1. The molecule has 0 radical (unpaired) electrons. The monoisotopic (exact) mass is 336 g/mol. The first-order chi connectivity index (χ1) is 11.0. The number of hydrogen-bond acceptors (Lipinski definition) is 5. The minimum absolute atomic E-state index is 0.0679. The topological polar surface area (TPSA) is 85.2 Å². The molecule has 2 aromatic rings. The maximum absolute atomic E-state index is 12.3. The van der Waals surface area contributed by atoms with E-state index in [0.717, 1.165) is 0 Å². The van der Waals surface area contributed by atoms with Gasteiger partial charge in [0.1, 0.15) is 12.4 Å². The first-order valence-corrected chi connectivity index (χ1v) is 8.35. The van der Waals surface area contributed by atoms with Crippen molar-refractivity contribution in [3.8, 4) is 0 Å². The Bertz CT molecular complexity index is 820. The van der Waals surface area contributed by atoms with E-state index < -0.39 is 29.2 Å². The van der Waals surface area contributed by atoms with Crippen molar-refractivity contribution in [1.82, 2.24) is 15.0 Å². The zero-order valence-electron chi connectivity index (χ0n) is 12.2. The van der Waals surface area contributed by atoms with Gasteiger partial charge in [0.15, 0.2) is 0 Å². The molecular weight excluding hydrogens is 323 g/mol. The molecule has 1 unspecified atom stereocenters. The number of benzene rings is 1. The van der Waals surface area contributed by atoms with Crippen molar-refractivity contribution in [3.05, 3.63) is 35.7 Å². The van der Waals surface area contributed by atoms with Crippen LogP contribution in [-0.2, 0) is 28.7 Å². The Labute approximate surface area is 133 Å². The molecule has 3 rings (SSSR count). The second kappa shape index (κ2) is 5.99. The van der Waals surface area contributed by atoms with Gasteiger partial charge in [0.2, 0.25) is 0 Å². The summed E-state index contributed by atoms with van der Waals surface area (Å²) in [6.45, 7) is -0.412. The Hall–Kier alpha value is -2.42. The van der Waals surface area contributed by atoms with Crippen molar-refractivity contribution in [2.75, 3.05) is 17.8 Å². The largest absolute Gasteiger partial charge is 0.299 e. The van der Waals surface area contributed by atoms with Crippen LogP contribution in [0.25, 0.3) is 0 Å². The molecule has 1 aromatic carbocycles. The van der Waals surface area contributed by atoms with Gasteiger partial charge in [-0.2, -0.15) is 0 Å². The number of Topliss-reactive ketones (excluding diaryl/α,β-unsaturated/α-hetero) is 1. The highest BCUT2D eigenvalue weighted by Gasteiger charge is 2.36. The van der Waals surface area contributed by atoms with Crippen molar-refractivity contribution >= 4 is 28.2 Å². The van der Waals surface area contributed by atoms with Crippen LogP contribution in [0.15, 0.2) is 29.3 Å². The van der Waals surface area contributed by atoms with Crippen molar-refractivity contribution in [1.29, 1.82) is 0 Å². The molecule has 0 bridgehead atoms. The molecule has 23 heavy (non-hydrogen) atoms. The number of rotatable bonds is 5. The summed E-state index contributed by atoms with van der Waals surface area (Å²) in [5, 5.41) is 7.62. The third-order valence-corrected chi connectivity index (χ3v) is 4.41. The molecule has 7 nitrogen and oxygen atoms in total. The van der Waals surface area contributed by atoms with Crippen LogP contribution in [0, 0.1) is 0 Å². The van der Waals surface area contributed by atoms with Gasteiger partial charge in [-0.25, -0.2) is 9.07 Å². The average Bonchev–Trinajstić information content (AvgIpc) is 3.06. The van der Waals surface area contributed by atoms with Crippen molar-refractivity contribution in [3.63, 3.8) is 0 Å². The summed E-state index contributed by atoms with van der Waals surface area (Å²) in [6.07, 6.45) is 3.04. The number of ketones is 1. The van der Waals surface area contributed by atoms with Gasteiger partial charge in [0, 0.05) is 22.0 Å². The summed E-state index contributed by atoms with van der Waals surface area (Å²) >= 11 is 0. The molecule has 120 valence electrons. The third kappa shape index (κ3) is 2.79. The third-order valence-electron chi connectivity index (χ3n) is 3.49. The second-order valence-corrected chi connectivity index (χ2v) is 6.40. The van der Waals surface area contributed by atoms with Crippen molar-refractivity contribution in [2.45, 2.75) is 18.0 Å². The minimum atomic E-state index is -1.24. The smallest absolute Gasteiger partial charge is 0.299 e. The zero-order chi connectivity index (χ0) is 16.6. The number of fused-ring (bicyclic) bond motifs is 1. The summed E-state index contributed by atoms with van der Waals surface area (Å²) in [7, 11) is -1.24. The molecule has 1 amide bonds. The number of carbonyl (C=O) groups is 2. The molecule has 1 aliphatic heterocycles. The van der Waals surface area contributed by atoms with Gasteiger partial charge in [-0.1, -0.05) is 5.21 Å². The second-order valence-electron chi connectivity index (χ2n) is 5.02. The number of halogens is 1. The van der Waals surface area contributed by atoms with Crippen molar-refractivity contribution in [2.24, 2.45) is 0 Å². The lowest BCUT2D eigenvalue weighted by atomic mass is 10.1. The van der Waals surface area contributed by atoms with E-state index in [-0.39, 0.29) is 18.7 Å². The van der Waals surface area contributed by atoms with E-state index in [2.05, 4.69) is 10.3 Å². The SMILES string of the molecule is CS(=O)c1ccc2c(c1)C(=O)C(=O)N2Cc1cn(CCF)nn1. The molecule has 9 heteroatoms. The van der Waals surface area contributed by atoms with Gasteiger partial charge in [-0.05, 0) is 18.2 Å². The molecule has 0 saturated heterocycles. The Kier molecular flexibility index (Phi) is 4.03. The lowest BCUT2D eigenvalue weighted by Gasteiger charge is -2.14. The fraction of sp³-hybridized carbons (Fsp3) is 0.286. The quantitative estimate of drug-likeness (QED) is 0.751. The maximum atomic E-state index is 12.3. The van der Waals surface area contributed by atoms with Crippen LogP contribution in [0.4, 0.5) is 10.1 Å². The lowest BCUT2D eigenvalue weighted by Crippen LogP contribution is -2.29. The fourth-order valence-electron chi connectivity index (χ4n) is 2.38. The molecule has 0 fully saturated rings. The molecule has 0 N–H and O–H groups in total. The Morgan fingerprint density at radius 2 is 2.09 bits per heavy atom. The molecule has 2 heterocycles. The van der Waals surface area contributed by atoms with Gasteiger partial charge < -0.3 is 0 Å². The van der Waals surface area contributed by atoms with Crippen LogP contribution < -0.4 is 4.90 Å².